The van der Waals surface area contributed by atoms with Crippen molar-refractivity contribution >= 4 is 29.3 Å². The van der Waals surface area contributed by atoms with E-state index in [9.17, 15) is 4.79 Å². The first kappa shape index (κ1) is 22.8. The highest BCUT2D eigenvalue weighted by atomic mass is 16.1. The summed E-state index contributed by atoms with van der Waals surface area (Å²) < 4.78 is 0. The lowest BCUT2D eigenvalue weighted by molar-refractivity contribution is 0.101. The van der Waals surface area contributed by atoms with Crippen molar-refractivity contribution in [1.29, 1.82) is 0 Å². The molecule has 1 fully saturated rings. The molecule has 0 saturated carbocycles. The Morgan fingerprint density at radius 2 is 1.68 bits per heavy atom. The number of nitrogens with one attached hydrogen (secondary N) is 1. The summed E-state index contributed by atoms with van der Waals surface area (Å²) in [6.45, 7) is 4.75. The predicted octanol–water partition coefficient (Wildman–Crippen LogP) is -0.594. The second-order valence-corrected chi connectivity index (χ2v) is 7.74. The van der Waals surface area contributed by atoms with E-state index in [1.807, 2.05) is 21.9 Å². The molecular formula is C20H32N10O. The van der Waals surface area contributed by atoms with Gasteiger partial charge in [0.1, 0.15) is 0 Å². The Labute approximate surface area is 182 Å². The number of nitrogens with zero attached hydrogens (tertiary/aromatic N) is 5. The van der Waals surface area contributed by atoms with Crippen molar-refractivity contribution in [2.75, 3.05) is 54.4 Å². The van der Waals surface area contributed by atoms with E-state index in [-0.39, 0.29) is 17.9 Å². The van der Waals surface area contributed by atoms with Crippen LogP contribution < -0.4 is 38.1 Å². The molecule has 2 heterocycles. The molecule has 31 heavy (non-hydrogen) atoms. The van der Waals surface area contributed by atoms with Gasteiger partial charge in [0, 0.05) is 62.6 Å². The summed E-state index contributed by atoms with van der Waals surface area (Å²) in [4.78, 5) is 29.3. The van der Waals surface area contributed by atoms with Gasteiger partial charge in [-0.15, -0.1) is 0 Å². The molecule has 11 heteroatoms. The molecule has 0 unspecified atom stereocenters. The number of Topliss-reactive ketones (excluding diaryl/α,β-unsaturated/α-hetero) is 1. The first-order valence-electron chi connectivity index (χ1n) is 10.4. The highest BCUT2D eigenvalue weighted by Gasteiger charge is 2.26. The smallest absolute Gasteiger partial charge is 0.233 e. The Hall–Kier alpha value is -2.86. The second kappa shape index (κ2) is 10.4. The van der Waals surface area contributed by atoms with Crippen LogP contribution >= 0.6 is 0 Å². The normalized spacial score (nSPS) is 18.7. The van der Waals surface area contributed by atoms with E-state index in [1.165, 1.54) is 6.92 Å². The van der Waals surface area contributed by atoms with Gasteiger partial charge in [-0.1, -0.05) is 0 Å². The number of benzene rings is 1. The molecule has 0 spiro atoms. The molecule has 2 aromatic rings. The van der Waals surface area contributed by atoms with Crippen molar-refractivity contribution < 1.29 is 4.79 Å². The number of rotatable bonds is 9. The fraction of sp³-hybridized carbons (Fsp3) is 0.500. The Kier molecular flexibility index (Phi) is 7.69. The van der Waals surface area contributed by atoms with Gasteiger partial charge >= 0.3 is 0 Å². The van der Waals surface area contributed by atoms with Crippen LogP contribution in [-0.4, -0.2) is 72.1 Å². The number of aromatic nitrogens is 3. The van der Waals surface area contributed by atoms with Crippen LogP contribution in [0.5, 0.6) is 0 Å². The zero-order chi connectivity index (χ0) is 22.4. The first-order valence-corrected chi connectivity index (χ1v) is 10.4. The molecular weight excluding hydrogens is 396 g/mol. The largest absolute Gasteiger partial charge is 0.338 e. The number of nitrogens with two attached hydrogens (primary N) is 4. The molecule has 1 aliphatic rings. The standard InChI is InChI=1S/C20H32N10O/c1-13(31)14-2-4-17(5-3-14)25-18-26-19(29(8-6-21)9-7-22)28-20(27-18)30-11-15(23)10-16(24)12-30/h2-5,15-16H,6-12,21-24H2,1H3,(H,25,26,27,28)/t15-,16+. The third-order valence-corrected chi connectivity index (χ3v) is 5.04. The number of carbonyl (C=O) groups excluding carboxylic acids is 1. The molecule has 9 N–H and O–H groups in total. The van der Waals surface area contributed by atoms with E-state index in [2.05, 4.69) is 20.3 Å². The van der Waals surface area contributed by atoms with E-state index in [4.69, 9.17) is 22.9 Å². The quantitative estimate of drug-likeness (QED) is 0.322. The topological polar surface area (TPSA) is 178 Å². The summed E-state index contributed by atoms with van der Waals surface area (Å²) in [5.41, 5.74) is 25.3. The summed E-state index contributed by atoms with van der Waals surface area (Å²) in [6.07, 6.45) is 0.758. The number of ketones is 1. The van der Waals surface area contributed by atoms with Crippen LogP contribution in [0.2, 0.25) is 0 Å². The Morgan fingerprint density at radius 3 is 2.23 bits per heavy atom. The number of anilines is 4. The van der Waals surface area contributed by atoms with Gasteiger partial charge in [0.25, 0.3) is 0 Å². The Morgan fingerprint density at radius 1 is 1.06 bits per heavy atom. The fourth-order valence-corrected chi connectivity index (χ4v) is 3.58. The molecule has 1 aliphatic heterocycles. The minimum absolute atomic E-state index is 0.00766. The molecule has 168 valence electrons. The summed E-state index contributed by atoms with van der Waals surface area (Å²) >= 11 is 0. The first-order chi connectivity index (χ1) is 14.9. The monoisotopic (exact) mass is 428 g/mol. The molecule has 2 atom stereocenters. The van der Waals surface area contributed by atoms with Gasteiger partial charge < -0.3 is 38.1 Å². The maximum atomic E-state index is 11.5. The van der Waals surface area contributed by atoms with Crippen LogP contribution in [0.15, 0.2) is 24.3 Å². The van der Waals surface area contributed by atoms with Crippen LogP contribution in [0.1, 0.15) is 23.7 Å². The molecule has 0 bridgehead atoms. The van der Waals surface area contributed by atoms with Crippen LogP contribution in [-0.2, 0) is 0 Å². The van der Waals surface area contributed by atoms with Crippen molar-refractivity contribution in [1.82, 2.24) is 15.0 Å². The second-order valence-electron chi connectivity index (χ2n) is 7.74. The summed E-state index contributed by atoms with van der Waals surface area (Å²) in [5.74, 6) is 1.37. The van der Waals surface area contributed by atoms with Gasteiger partial charge in [0.15, 0.2) is 5.78 Å². The van der Waals surface area contributed by atoms with E-state index in [0.717, 1.165) is 12.1 Å². The average molecular weight is 429 g/mol. The van der Waals surface area contributed by atoms with E-state index in [1.54, 1.807) is 12.1 Å². The summed E-state index contributed by atoms with van der Waals surface area (Å²) in [5, 5.41) is 3.20. The van der Waals surface area contributed by atoms with Crippen molar-refractivity contribution in [2.45, 2.75) is 25.4 Å². The third-order valence-electron chi connectivity index (χ3n) is 5.04. The Balaban J connectivity index is 1.94. The Bertz CT molecular complexity index is 859. The van der Waals surface area contributed by atoms with Crippen LogP contribution in [0.3, 0.4) is 0 Å². The maximum Gasteiger partial charge on any atom is 0.233 e. The minimum atomic E-state index is -0.0521. The van der Waals surface area contributed by atoms with Gasteiger partial charge in [0.2, 0.25) is 17.8 Å². The van der Waals surface area contributed by atoms with Gasteiger partial charge in [0.05, 0.1) is 0 Å². The fourth-order valence-electron chi connectivity index (χ4n) is 3.58. The van der Waals surface area contributed by atoms with Gasteiger partial charge in [-0.3, -0.25) is 4.79 Å². The van der Waals surface area contributed by atoms with Crippen molar-refractivity contribution in [3.05, 3.63) is 29.8 Å². The number of piperidine rings is 1. The van der Waals surface area contributed by atoms with Crippen molar-refractivity contribution in [2.24, 2.45) is 22.9 Å². The lowest BCUT2D eigenvalue weighted by Crippen LogP contribution is -2.53. The molecule has 1 aromatic heterocycles. The third kappa shape index (κ3) is 6.07. The molecule has 1 aromatic carbocycles. The van der Waals surface area contributed by atoms with E-state index >= 15 is 0 Å². The molecule has 3 rings (SSSR count). The SMILES string of the molecule is CC(=O)c1ccc(Nc2nc(N(CCN)CCN)nc(N3C[C@H](N)C[C@H](N)C3)n2)cc1. The predicted molar refractivity (Wildman–Crippen MR) is 123 cm³/mol. The lowest BCUT2D eigenvalue weighted by atomic mass is 10.0. The van der Waals surface area contributed by atoms with Crippen LogP contribution in [0, 0.1) is 0 Å². The molecule has 0 aliphatic carbocycles. The number of hydrogen-bond donors (Lipinski definition) is 5. The molecule has 1 saturated heterocycles. The van der Waals surface area contributed by atoms with E-state index in [0.29, 0.717) is 62.7 Å². The average Bonchev–Trinajstić information content (AvgIpc) is 2.73. The van der Waals surface area contributed by atoms with Crippen LogP contribution in [0.25, 0.3) is 0 Å². The zero-order valence-corrected chi connectivity index (χ0v) is 17.9. The summed E-state index contributed by atoms with van der Waals surface area (Å²) in [6, 6.07) is 7.03. The number of carbonyl (C=O) groups is 1. The molecule has 0 amide bonds. The highest BCUT2D eigenvalue weighted by Crippen LogP contribution is 2.22. The van der Waals surface area contributed by atoms with Crippen molar-refractivity contribution in [3.63, 3.8) is 0 Å². The van der Waals surface area contributed by atoms with E-state index < -0.39 is 0 Å². The summed E-state index contributed by atoms with van der Waals surface area (Å²) in [7, 11) is 0. The number of hydrogen-bond acceptors (Lipinski definition) is 11. The minimum Gasteiger partial charge on any atom is -0.338 e. The van der Waals surface area contributed by atoms with Gasteiger partial charge in [-0.2, -0.15) is 15.0 Å². The lowest BCUT2D eigenvalue weighted by Gasteiger charge is -2.35. The van der Waals surface area contributed by atoms with Gasteiger partial charge in [-0.05, 0) is 37.6 Å². The molecule has 11 nitrogen and oxygen atoms in total. The van der Waals surface area contributed by atoms with Crippen LogP contribution in [0.4, 0.5) is 23.5 Å². The maximum absolute atomic E-state index is 11.5. The molecule has 0 radical (unpaired) electrons. The van der Waals surface area contributed by atoms with Crippen molar-refractivity contribution in [3.8, 4) is 0 Å². The highest BCUT2D eigenvalue weighted by molar-refractivity contribution is 5.94. The zero-order valence-electron chi connectivity index (χ0n) is 17.9. The van der Waals surface area contributed by atoms with Gasteiger partial charge in [-0.25, -0.2) is 0 Å².